The van der Waals surface area contributed by atoms with Crippen LogP contribution in [0.1, 0.15) is 35.8 Å². The van der Waals surface area contributed by atoms with Gasteiger partial charge in [0.15, 0.2) is 11.6 Å². The van der Waals surface area contributed by atoms with Gasteiger partial charge in [0.25, 0.3) is 0 Å². The third-order valence-electron chi connectivity index (χ3n) is 7.52. The first-order chi connectivity index (χ1) is 19.6. The summed E-state index contributed by atoms with van der Waals surface area (Å²) in [5, 5.41) is 10.2. The number of rotatable bonds is 7. The normalized spacial score (nSPS) is 21.6. The van der Waals surface area contributed by atoms with E-state index in [4.69, 9.17) is 20.9 Å². The predicted molar refractivity (Wildman–Crippen MR) is 146 cm³/mol. The zero-order chi connectivity index (χ0) is 29.3. The number of nitrogen functional groups attached to an aromatic ring is 1. The molecule has 0 unspecified atom stereocenters. The van der Waals surface area contributed by atoms with E-state index in [1.807, 2.05) is 11.8 Å². The molecule has 0 aliphatic carbocycles. The minimum atomic E-state index is -1.09. The summed E-state index contributed by atoms with van der Waals surface area (Å²) in [5.41, 5.74) is 11.3. The Hall–Kier alpha value is -3.74. The first-order valence-electron chi connectivity index (χ1n) is 13.5. The largest absolute Gasteiger partial charge is 0.490 e. The number of carbonyl (C=O) groups is 1. The number of ether oxygens (including phenoxy) is 2. The number of hydrogen-bond acceptors (Lipinski definition) is 9. The van der Waals surface area contributed by atoms with Gasteiger partial charge in [0.1, 0.15) is 34.9 Å². The molecule has 218 valence electrons. The van der Waals surface area contributed by atoms with Crippen LogP contribution < -0.4 is 21.1 Å². The number of Topliss-reactive ketones (excluding diaryl/α,β-unsaturated/α-hetero) is 1. The zero-order valence-corrected chi connectivity index (χ0v) is 22.5. The number of ketones is 1. The highest BCUT2D eigenvalue weighted by atomic mass is 19.1. The van der Waals surface area contributed by atoms with Gasteiger partial charge in [-0.1, -0.05) is 6.92 Å². The SMILES string of the molecule is C[C@H]1CN(c2ccncc2CC(=O)c2nc(-c3c(F)cc(OC4CCOCC4)cc3F)c(F)cc2N)C[C@@H](N)[C@@H]1O. The summed E-state index contributed by atoms with van der Waals surface area (Å²) in [4.78, 5) is 23.5. The number of hydrogen-bond donors (Lipinski definition) is 3. The Morgan fingerprint density at radius 1 is 1.15 bits per heavy atom. The van der Waals surface area contributed by atoms with Gasteiger partial charge < -0.3 is 30.9 Å². The standard InChI is InChI=1S/C29H32F3N5O4/c1-15-13-37(14-23(34)29(15)39)24-2-5-35-12-16(24)8-25(38)28-22(33)11-21(32)27(36-28)26-19(30)9-18(10-20(26)31)41-17-3-6-40-7-4-17/h2,5,9-12,15,17,23,29,39H,3-4,6-8,13-14,33-34H2,1H3/t15-,23+,29+/m0/s1. The number of anilines is 2. The van der Waals surface area contributed by atoms with E-state index in [1.165, 1.54) is 6.20 Å². The van der Waals surface area contributed by atoms with Gasteiger partial charge in [0.2, 0.25) is 0 Å². The van der Waals surface area contributed by atoms with Crippen LogP contribution in [0.3, 0.4) is 0 Å². The summed E-state index contributed by atoms with van der Waals surface area (Å²) in [6, 6.07) is 4.02. The molecular weight excluding hydrogens is 539 g/mol. The van der Waals surface area contributed by atoms with Crippen molar-refractivity contribution in [2.24, 2.45) is 11.7 Å². The number of aliphatic hydroxyl groups is 1. The quantitative estimate of drug-likeness (QED) is 0.365. The van der Waals surface area contributed by atoms with Crippen molar-refractivity contribution in [3.8, 4) is 17.0 Å². The molecule has 3 atom stereocenters. The van der Waals surface area contributed by atoms with Crippen LogP contribution in [0.5, 0.6) is 5.75 Å². The molecule has 3 aromatic rings. The smallest absolute Gasteiger partial charge is 0.187 e. The molecule has 1 aromatic carbocycles. The summed E-state index contributed by atoms with van der Waals surface area (Å²) in [6.07, 6.45) is 3.14. The molecule has 0 saturated carbocycles. The van der Waals surface area contributed by atoms with Crippen molar-refractivity contribution in [2.75, 3.05) is 36.9 Å². The summed E-state index contributed by atoms with van der Waals surface area (Å²) < 4.78 is 56.2. The first-order valence-corrected chi connectivity index (χ1v) is 13.5. The molecule has 2 aliphatic heterocycles. The third kappa shape index (κ3) is 6.14. The lowest BCUT2D eigenvalue weighted by Crippen LogP contribution is -2.55. The van der Waals surface area contributed by atoms with Crippen molar-refractivity contribution < 1.29 is 32.5 Å². The molecule has 5 rings (SSSR count). The number of carbonyl (C=O) groups excluding carboxylic acids is 1. The Morgan fingerprint density at radius 2 is 1.85 bits per heavy atom. The van der Waals surface area contributed by atoms with Crippen molar-refractivity contribution in [1.82, 2.24) is 9.97 Å². The summed E-state index contributed by atoms with van der Waals surface area (Å²) in [7, 11) is 0. The van der Waals surface area contributed by atoms with E-state index in [-0.39, 0.29) is 35.6 Å². The van der Waals surface area contributed by atoms with Gasteiger partial charge in [-0.25, -0.2) is 18.2 Å². The van der Waals surface area contributed by atoms with Gasteiger partial charge in [0, 0.05) is 86.2 Å². The van der Waals surface area contributed by atoms with Crippen LogP contribution in [0.4, 0.5) is 24.5 Å². The van der Waals surface area contributed by atoms with E-state index in [1.54, 1.807) is 12.3 Å². The predicted octanol–water partition coefficient (Wildman–Crippen LogP) is 3.27. The monoisotopic (exact) mass is 571 g/mol. The van der Waals surface area contributed by atoms with E-state index < -0.39 is 46.6 Å². The van der Waals surface area contributed by atoms with Crippen molar-refractivity contribution in [3.05, 3.63) is 65.4 Å². The van der Waals surface area contributed by atoms with E-state index in [9.17, 15) is 14.3 Å². The van der Waals surface area contributed by atoms with Gasteiger partial charge in [-0.3, -0.25) is 9.78 Å². The lowest BCUT2D eigenvalue weighted by Gasteiger charge is -2.40. The number of halogens is 3. The summed E-state index contributed by atoms with van der Waals surface area (Å²) >= 11 is 0. The molecule has 2 saturated heterocycles. The highest BCUT2D eigenvalue weighted by Gasteiger charge is 2.32. The number of benzene rings is 1. The van der Waals surface area contributed by atoms with Crippen LogP contribution in [0.25, 0.3) is 11.3 Å². The molecule has 0 spiro atoms. The summed E-state index contributed by atoms with van der Waals surface area (Å²) in [6.45, 7) is 3.73. The van der Waals surface area contributed by atoms with Crippen molar-refractivity contribution in [3.63, 3.8) is 0 Å². The lowest BCUT2D eigenvalue weighted by atomic mass is 9.92. The van der Waals surface area contributed by atoms with Crippen LogP contribution in [0, 0.1) is 23.4 Å². The zero-order valence-electron chi connectivity index (χ0n) is 22.5. The van der Waals surface area contributed by atoms with Gasteiger partial charge in [-0.2, -0.15) is 0 Å². The van der Waals surface area contributed by atoms with Crippen LogP contribution in [0.15, 0.2) is 36.7 Å². The number of aliphatic hydroxyl groups excluding tert-OH is 1. The number of aromatic nitrogens is 2. The van der Waals surface area contributed by atoms with Crippen LogP contribution in [-0.4, -0.2) is 65.4 Å². The van der Waals surface area contributed by atoms with E-state index in [0.29, 0.717) is 50.4 Å². The number of pyridine rings is 2. The highest BCUT2D eigenvalue weighted by molar-refractivity contribution is 6.01. The Labute approximate surface area is 235 Å². The van der Waals surface area contributed by atoms with E-state index >= 15 is 8.78 Å². The second-order valence-corrected chi connectivity index (χ2v) is 10.6. The molecule has 12 heteroatoms. The first kappa shape index (κ1) is 28.8. The molecule has 2 aliphatic rings. The van der Waals surface area contributed by atoms with E-state index in [0.717, 1.165) is 18.2 Å². The van der Waals surface area contributed by atoms with Gasteiger partial charge in [-0.05, 0) is 6.07 Å². The van der Waals surface area contributed by atoms with Crippen LogP contribution in [-0.2, 0) is 11.2 Å². The maximum atomic E-state index is 15.2. The summed E-state index contributed by atoms with van der Waals surface area (Å²) in [5.74, 6) is -3.99. The van der Waals surface area contributed by atoms with Crippen molar-refractivity contribution >= 4 is 17.2 Å². The average Bonchev–Trinajstić information content (AvgIpc) is 2.93. The minimum absolute atomic E-state index is 0.0359. The van der Waals surface area contributed by atoms with Gasteiger partial charge in [-0.15, -0.1) is 0 Å². The Kier molecular flexibility index (Phi) is 8.43. The number of piperidine rings is 1. The fraction of sp³-hybridized carbons (Fsp3) is 0.414. The van der Waals surface area contributed by atoms with Gasteiger partial charge >= 0.3 is 0 Å². The molecule has 5 N–H and O–H groups in total. The second kappa shape index (κ2) is 12.0. The maximum Gasteiger partial charge on any atom is 0.187 e. The number of nitrogens with zero attached hydrogens (tertiary/aromatic N) is 3. The molecule has 2 aromatic heterocycles. The minimum Gasteiger partial charge on any atom is -0.490 e. The molecular formula is C29H32F3N5O4. The molecule has 0 amide bonds. The molecule has 0 bridgehead atoms. The fourth-order valence-electron chi connectivity index (χ4n) is 5.36. The average molecular weight is 572 g/mol. The Morgan fingerprint density at radius 3 is 2.54 bits per heavy atom. The molecule has 41 heavy (non-hydrogen) atoms. The topological polar surface area (TPSA) is 137 Å². The molecule has 0 radical (unpaired) electrons. The lowest BCUT2D eigenvalue weighted by molar-refractivity contribution is 0.0253. The van der Waals surface area contributed by atoms with Crippen molar-refractivity contribution in [1.29, 1.82) is 0 Å². The molecule has 9 nitrogen and oxygen atoms in total. The maximum absolute atomic E-state index is 15.2. The second-order valence-electron chi connectivity index (χ2n) is 10.6. The van der Waals surface area contributed by atoms with Crippen molar-refractivity contribution in [2.45, 2.75) is 44.4 Å². The van der Waals surface area contributed by atoms with E-state index in [2.05, 4.69) is 9.97 Å². The third-order valence-corrected chi connectivity index (χ3v) is 7.52. The van der Waals surface area contributed by atoms with Crippen LogP contribution >= 0.6 is 0 Å². The van der Waals surface area contributed by atoms with Gasteiger partial charge in [0.05, 0.1) is 30.6 Å². The molecule has 4 heterocycles. The van der Waals surface area contributed by atoms with Crippen LogP contribution in [0.2, 0.25) is 0 Å². The highest BCUT2D eigenvalue weighted by Crippen LogP contribution is 2.33. The Balaban J connectivity index is 1.42. The Bertz CT molecular complexity index is 1400. The number of nitrogens with two attached hydrogens (primary N) is 2. The molecule has 2 fully saturated rings. The fourth-order valence-corrected chi connectivity index (χ4v) is 5.36.